The van der Waals surface area contributed by atoms with E-state index >= 15 is 0 Å². The summed E-state index contributed by atoms with van der Waals surface area (Å²) in [7, 11) is -3.91. The van der Waals surface area contributed by atoms with Gasteiger partial charge in [-0.1, -0.05) is 32.0 Å². The minimum absolute atomic E-state index is 0.0214. The van der Waals surface area contributed by atoms with Crippen molar-refractivity contribution in [3.8, 4) is 0 Å². The van der Waals surface area contributed by atoms with Gasteiger partial charge in [-0.25, -0.2) is 8.42 Å². The molecule has 3 aromatic rings. The highest BCUT2D eigenvalue weighted by Gasteiger charge is 2.35. The van der Waals surface area contributed by atoms with Gasteiger partial charge in [0.2, 0.25) is 15.9 Å². The topological polar surface area (TPSA) is 139 Å². The Morgan fingerprint density at radius 1 is 1.19 bits per heavy atom. The Kier molecular flexibility index (Phi) is 7.84. The van der Waals surface area contributed by atoms with Gasteiger partial charge in [-0.05, 0) is 50.3 Å². The van der Waals surface area contributed by atoms with E-state index in [0.29, 0.717) is 18.4 Å². The number of sulfonamides is 1. The number of aryl methyl sites for hydroxylation is 1. The normalized spacial score (nSPS) is 18.1. The van der Waals surface area contributed by atoms with Crippen molar-refractivity contribution in [2.75, 3.05) is 13.1 Å². The first-order valence-electron chi connectivity index (χ1n) is 12.2. The van der Waals surface area contributed by atoms with E-state index in [4.69, 9.17) is 8.83 Å². The molecule has 0 spiro atoms. The van der Waals surface area contributed by atoms with Crippen molar-refractivity contribution in [3.05, 3.63) is 54.2 Å². The Balaban J connectivity index is 1.44. The van der Waals surface area contributed by atoms with Crippen LogP contribution in [0.5, 0.6) is 0 Å². The number of fused-ring (bicyclic) bond motifs is 1. The van der Waals surface area contributed by atoms with Crippen LogP contribution in [0.1, 0.15) is 49.4 Å². The molecule has 2 atom stereocenters. The predicted molar refractivity (Wildman–Crippen MR) is 135 cm³/mol. The maximum atomic E-state index is 13.2. The van der Waals surface area contributed by atoms with Crippen LogP contribution in [-0.2, 0) is 19.6 Å². The number of para-hydroxylation sites is 1. The molecule has 1 aliphatic heterocycles. The fraction of sp³-hybridized carbons (Fsp3) is 0.423. The summed E-state index contributed by atoms with van der Waals surface area (Å²) < 4.78 is 37.9. The van der Waals surface area contributed by atoms with Crippen molar-refractivity contribution in [3.63, 3.8) is 0 Å². The molecule has 2 aromatic heterocycles. The van der Waals surface area contributed by atoms with Gasteiger partial charge in [0.1, 0.15) is 22.3 Å². The maximum Gasteiger partial charge on any atom is 0.287 e. The van der Waals surface area contributed by atoms with Crippen molar-refractivity contribution >= 4 is 38.6 Å². The molecule has 0 aliphatic carbocycles. The van der Waals surface area contributed by atoms with Crippen LogP contribution in [0.3, 0.4) is 0 Å². The quantitative estimate of drug-likeness (QED) is 0.457. The molecule has 1 aliphatic rings. The Labute approximate surface area is 215 Å². The molecule has 1 fully saturated rings. The lowest BCUT2D eigenvalue weighted by molar-refractivity contribution is -0.129. The van der Waals surface area contributed by atoms with Crippen LogP contribution in [0.25, 0.3) is 11.0 Å². The van der Waals surface area contributed by atoms with Crippen LogP contribution < -0.4 is 10.6 Å². The summed E-state index contributed by atoms with van der Waals surface area (Å²) in [6.07, 6.45) is 2.30. The lowest BCUT2D eigenvalue weighted by atomic mass is 10.0. The van der Waals surface area contributed by atoms with E-state index in [9.17, 15) is 22.8 Å². The summed E-state index contributed by atoms with van der Waals surface area (Å²) >= 11 is 0. The Morgan fingerprint density at radius 2 is 1.95 bits per heavy atom. The number of carbonyl (C=O) groups excluding carboxylic acids is 3. The predicted octanol–water partition coefficient (Wildman–Crippen LogP) is 3.02. The molecule has 2 N–H and O–H groups in total. The number of amides is 2. The molecule has 1 saturated heterocycles. The summed E-state index contributed by atoms with van der Waals surface area (Å²) in [5, 5.41) is 6.24. The monoisotopic (exact) mass is 529 g/mol. The van der Waals surface area contributed by atoms with Gasteiger partial charge in [0.15, 0.2) is 11.5 Å². The van der Waals surface area contributed by atoms with Crippen LogP contribution >= 0.6 is 0 Å². The number of rotatable bonds is 8. The zero-order chi connectivity index (χ0) is 26.7. The first-order chi connectivity index (χ1) is 17.6. The van der Waals surface area contributed by atoms with E-state index in [1.165, 1.54) is 12.3 Å². The molecule has 1 unspecified atom stereocenters. The summed E-state index contributed by atoms with van der Waals surface area (Å²) in [4.78, 5) is 39.1. The van der Waals surface area contributed by atoms with Crippen LogP contribution in [-0.4, -0.2) is 55.5 Å². The third-order valence-corrected chi connectivity index (χ3v) is 8.32. The van der Waals surface area contributed by atoms with Gasteiger partial charge < -0.3 is 19.5 Å². The summed E-state index contributed by atoms with van der Waals surface area (Å²) in [6.45, 7) is 5.17. The molecule has 198 valence electrons. The number of benzene rings is 1. The fourth-order valence-electron chi connectivity index (χ4n) is 4.43. The fourth-order valence-corrected chi connectivity index (χ4v) is 6.02. The van der Waals surface area contributed by atoms with Crippen LogP contribution in [0.15, 0.2) is 56.4 Å². The van der Waals surface area contributed by atoms with E-state index in [1.807, 2.05) is 26.0 Å². The highest BCUT2D eigenvalue weighted by atomic mass is 32.2. The lowest BCUT2D eigenvalue weighted by Gasteiger charge is -2.23. The van der Waals surface area contributed by atoms with Crippen molar-refractivity contribution in [2.45, 2.75) is 57.0 Å². The second-order valence-electron chi connectivity index (χ2n) is 9.65. The second-order valence-corrected chi connectivity index (χ2v) is 11.6. The SMILES string of the molecule is Cc1occc1S(=O)(=O)N1CCCC(NC(=O)[C@H](CC(C)C)NC(=O)c2cc3ccccc3o2)C(=O)C1. The Hall–Kier alpha value is -3.44. The Morgan fingerprint density at radius 3 is 2.62 bits per heavy atom. The van der Waals surface area contributed by atoms with E-state index in [2.05, 4.69) is 10.6 Å². The van der Waals surface area contributed by atoms with E-state index in [0.717, 1.165) is 9.69 Å². The van der Waals surface area contributed by atoms with Crippen LogP contribution in [0.4, 0.5) is 0 Å². The highest BCUT2D eigenvalue weighted by Crippen LogP contribution is 2.23. The summed E-state index contributed by atoms with van der Waals surface area (Å²) in [5.41, 5.74) is 0.562. The molecule has 0 saturated carbocycles. The first kappa shape index (κ1) is 26.6. The number of Topliss-reactive ketones (excluding diaryl/α,β-unsaturated/α-hetero) is 1. The minimum Gasteiger partial charge on any atom is -0.468 e. The number of nitrogens with zero attached hydrogens (tertiary/aromatic N) is 1. The van der Waals surface area contributed by atoms with Crippen molar-refractivity contribution in [1.82, 2.24) is 14.9 Å². The third-order valence-electron chi connectivity index (χ3n) is 6.34. The smallest absolute Gasteiger partial charge is 0.287 e. The zero-order valence-corrected chi connectivity index (χ0v) is 21.8. The van der Waals surface area contributed by atoms with E-state index < -0.39 is 39.7 Å². The molecular formula is C26H31N3O7S. The van der Waals surface area contributed by atoms with Gasteiger partial charge in [-0.15, -0.1) is 0 Å². The average Bonchev–Trinajstić information content (AvgIpc) is 3.43. The standard InChI is InChI=1S/C26H31N3O7S/c1-16(2)13-20(28-26(32)23-14-18-7-4-5-9-22(18)36-23)25(31)27-19-8-6-11-29(15-21(19)30)37(33,34)24-10-12-35-17(24)3/h4-5,7,9-10,12,14,16,19-20H,6,8,11,13,15H2,1-3H3,(H,27,31)(H,28,32)/t19?,20-/m0/s1. The van der Waals surface area contributed by atoms with Crippen LogP contribution in [0.2, 0.25) is 0 Å². The van der Waals surface area contributed by atoms with Gasteiger partial charge in [-0.2, -0.15) is 4.31 Å². The number of hydrogen-bond donors (Lipinski definition) is 2. The molecule has 1 aromatic carbocycles. The number of furan rings is 2. The van der Waals surface area contributed by atoms with Crippen molar-refractivity contribution < 1.29 is 31.6 Å². The average molecular weight is 530 g/mol. The highest BCUT2D eigenvalue weighted by molar-refractivity contribution is 7.89. The zero-order valence-electron chi connectivity index (χ0n) is 21.0. The molecule has 2 amide bonds. The molecular weight excluding hydrogens is 498 g/mol. The van der Waals surface area contributed by atoms with Gasteiger partial charge in [0.05, 0.1) is 18.8 Å². The van der Waals surface area contributed by atoms with E-state index in [1.54, 1.807) is 25.1 Å². The van der Waals surface area contributed by atoms with Crippen molar-refractivity contribution in [2.24, 2.45) is 5.92 Å². The second kappa shape index (κ2) is 10.9. The number of hydrogen-bond acceptors (Lipinski definition) is 7. The molecule has 11 heteroatoms. The number of carbonyl (C=O) groups is 3. The van der Waals surface area contributed by atoms with Gasteiger partial charge in [0, 0.05) is 11.9 Å². The van der Waals surface area contributed by atoms with Gasteiger partial charge >= 0.3 is 0 Å². The molecule has 37 heavy (non-hydrogen) atoms. The lowest BCUT2D eigenvalue weighted by Crippen LogP contribution is -2.52. The first-order valence-corrected chi connectivity index (χ1v) is 13.7. The third kappa shape index (κ3) is 5.94. The largest absolute Gasteiger partial charge is 0.468 e. The van der Waals surface area contributed by atoms with E-state index in [-0.39, 0.29) is 41.8 Å². The van der Waals surface area contributed by atoms with Crippen molar-refractivity contribution in [1.29, 1.82) is 0 Å². The molecule has 10 nitrogen and oxygen atoms in total. The van der Waals surface area contributed by atoms with Crippen LogP contribution in [0, 0.1) is 12.8 Å². The molecule has 0 bridgehead atoms. The maximum absolute atomic E-state index is 13.2. The number of nitrogens with one attached hydrogen (secondary N) is 2. The molecule has 4 rings (SSSR count). The molecule has 3 heterocycles. The van der Waals surface area contributed by atoms with Gasteiger partial charge in [-0.3, -0.25) is 14.4 Å². The summed E-state index contributed by atoms with van der Waals surface area (Å²) in [5.74, 6) is -1.03. The minimum atomic E-state index is -3.91. The summed E-state index contributed by atoms with van der Waals surface area (Å²) in [6, 6.07) is 8.42. The number of ketones is 1. The Bertz CT molecular complexity index is 1370. The van der Waals surface area contributed by atoms with Gasteiger partial charge in [0.25, 0.3) is 5.91 Å². The molecule has 0 radical (unpaired) electrons.